The maximum absolute atomic E-state index is 12.5. The van der Waals surface area contributed by atoms with Gasteiger partial charge in [-0.3, -0.25) is 9.20 Å². The van der Waals surface area contributed by atoms with Crippen LogP contribution in [0.5, 0.6) is 5.75 Å². The van der Waals surface area contributed by atoms with Gasteiger partial charge in [-0.05, 0) is 44.2 Å². The summed E-state index contributed by atoms with van der Waals surface area (Å²) in [6.45, 7) is 3.89. The van der Waals surface area contributed by atoms with E-state index in [0.29, 0.717) is 5.56 Å². The first kappa shape index (κ1) is 18.3. The number of benzene rings is 1. The molecule has 0 aliphatic rings. The lowest BCUT2D eigenvalue weighted by Gasteiger charge is -2.08. The normalized spacial score (nSPS) is 12.2. The SMILES string of the molecule is COc1cc(C(=O)/C=C/c2c(C)nc3sc(C)cn23)ccc1S(C)(=O)=O. The summed E-state index contributed by atoms with van der Waals surface area (Å²) in [4.78, 5) is 19.1. The van der Waals surface area contributed by atoms with Gasteiger partial charge in [0.1, 0.15) is 10.6 Å². The third-order valence-electron chi connectivity index (χ3n) is 3.90. The summed E-state index contributed by atoms with van der Waals surface area (Å²) in [5.74, 6) is -0.0900. The van der Waals surface area contributed by atoms with Crippen molar-refractivity contribution in [2.75, 3.05) is 13.4 Å². The Labute approximate surface area is 155 Å². The number of methoxy groups -OCH3 is 1. The quantitative estimate of drug-likeness (QED) is 0.493. The minimum Gasteiger partial charge on any atom is -0.495 e. The van der Waals surface area contributed by atoms with Crippen molar-refractivity contribution >= 4 is 38.0 Å². The Kier molecular flexibility index (Phi) is 4.72. The Morgan fingerprint density at radius 2 is 2.04 bits per heavy atom. The van der Waals surface area contributed by atoms with Crippen LogP contribution in [0.4, 0.5) is 0 Å². The van der Waals surface area contributed by atoms with Crippen molar-refractivity contribution in [1.29, 1.82) is 0 Å². The zero-order valence-electron chi connectivity index (χ0n) is 14.8. The first-order chi connectivity index (χ1) is 12.2. The lowest BCUT2D eigenvalue weighted by Crippen LogP contribution is -2.03. The number of imidazole rings is 1. The highest BCUT2D eigenvalue weighted by molar-refractivity contribution is 7.90. The van der Waals surface area contributed by atoms with Gasteiger partial charge < -0.3 is 4.74 Å². The average molecular weight is 390 g/mol. The number of thiazole rings is 1. The van der Waals surface area contributed by atoms with Crippen LogP contribution in [-0.4, -0.2) is 37.0 Å². The molecule has 0 unspecified atom stereocenters. The standard InChI is InChI=1S/C18H18N2O4S2/c1-11-10-20-14(12(2)19-18(20)25-11)6-7-15(21)13-5-8-17(26(4,22)23)16(9-13)24-3/h5-10H,1-4H3/b7-6+. The summed E-state index contributed by atoms with van der Waals surface area (Å²) in [7, 11) is -2.05. The number of hydrogen-bond donors (Lipinski definition) is 0. The first-order valence-corrected chi connectivity index (χ1v) is 10.5. The molecule has 0 spiro atoms. The largest absolute Gasteiger partial charge is 0.495 e. The van der Waals surface area contributed by atoms with Crippen LogP contribution < -0.4 is 4.74 Å². The fourth-order valence-corrected chi connectivity index (χ4v) is 4.36. The topological polar surface area (TPSA) is 77.7 Å². The van der Waals surface area contributed by atoms with E-state index in [4.69, 9.17) is 4.74 Å². The number of ether oxygens (including phenoxy) is 1. The van der Waals surface area contributed by atoms with Crippen molar-refractivity contribution in [2.24, 2.45) is 0 Å². The van der Waals surface area contributed by atoms with Gasteiger partial charge >= 0.3 is 0 Å². The Bertz CT molecular complexity index is 1140. The van der Waals surface area contributed by atoms with Gasteiger partial charge in [0.15, 0.2) is 20.6 Å². The molecule has 8 heteroatoms. The number of carbonyl (C=O) groups excluding carboxylic acids is 1. The summed E-state index contributed by atoms with van der Waals surface area (Å²) in [5.41, 5.74) is 2.04. The monoisotopic (exact) mass is 390 g/mol. The number of allylic oxidation sites excluding steroid dienone is 1. The Morgan fingerprint density at radius 1 is 1.31 bits per heavy atom. The zero-order chi connectivity index (χ0) is 19.1. The van der Waals surface area contributed by atoms with E-state index in [2.05, 4.69) is 4.98 Å². The van der Waals surface area contributed by atoms with E-state index in [-0.39, 0.29) is 16.4 Å². The highest BCUT2D eigenvalue weighted by Gasteiger charge is 2.16. The lowest BCUT2D eigenvalue weighted by atomic mass is 10.1. The maximum atomic E-state index is 12.5. The molecule has 3 rings (SSSR count). The molecule has 0 bridgehead atoms. The molecule has 1 aromatic carbocycles. The number of hydrogen-bond acceptors (Lipinski definition) is 6. The molecule has 6 nitrogen and oxygen atoms in total. The van der Waals surface area contributed by atoms with Crippen LogP contribution in [0.25, 0.3) is 11.0 Å². The number of sulfone groups is 1. The summed E-state index contributed by atoms with van der Waals surface area (Å²) in [5, 5.41) is 0. The molecule has 2 heterocycles. The van der Waals surface area contributed by atoms with Crippen molar-refractivity contribution in [1.82, 2.24) is 9.38 Å². The van der Waals surface area contributed by atoms with Crippen molar-refractivity contribution in [3.8, 4) is 5.75 Å². The van der Waals surface area contributed by atoms with E-state index in [9.17, 15) is 13.2 Å². The molecule has 0 fully saturated rings. The van der Waals surface area contributed by atoms with Crippen molar-refractivity contribution in [2.45, 2.75) is 18.7 Å². The van der Waals surface area contributed by atoms with Gasteiger partial charge in [-0.1, -0.05) is 0 Å². The average Bonchev–Trinajstić information content (AvgIpc) is 3.06. The maximum Gasteiger partial charge on any atom is 0.194 e. The Morgan fingerprint density at radius 3 is 2.69 bits per heavy atom. The molecule has 3 aromatic rings. The Hall–Kier alpha value is -2.45. The minimum atomic E-state index is -3.43. The van der Waals surface area contributed by atoms with E-state index in [0.717, 1.165) is 27.5 Å². The van der Waals surface area contributed by atoms with Gasteiger partial charge in [0, 0.05) is 22.9 Å². The van der Waals surface area contributed by atoms with Crippen molar-refractivity contribution in [3.63, 3.8) is 0 Å². The van der Waals surface area contributed by atoms with Crippen LogP contribution in [0.1, 0.15) is 26.6 Å². The van der Waals surface area contributed by atoms with Gasteiger partial charge in [-0.15, -0.1) is 11.3 Å². The van der Waals surface area contributed by atoms with Crippen LogP contribution in [-0.2, 0) is 9.84 Å². The van der Waals surface area contributed by atoms with Crippen LogP contribution in [0.3, 0.4) is 0 Å². The van der Waals surface area contributed by atoms with Crippen LogP contribution >= 0.6 is 11.3 Å². The molecule has 0 radical (unpaired) electrons. The zero-order valence-corrected chi connectivity index (χ0v) is 16.4. The number of nitrogens with zero attached hydrogens (tertiary/aromatic N) is 2. The highest BCUT2D eigenvalue weighted by Crippen LogP contribution is 2.26. The van der Waals surface area contributed by atoms with E-state index in [1.54, 1.807) is 17.4 Å². The second kappa shape index (κ2) is 6.69. The van der Waals surface area contributed by atoms with Gasteiger partial charge in [0.2, 0.25) is 0 Å². The summed E-state index contributed by atoms with van der Waals surface area (Å²) >= 11 is 1.59. The van der Waals surface area contributed by atoms with Crippen molar-refractivity contribution in [3.05, 3.63) is 52.3 Å². The van der Waals surface area contributed by atoms with Crippen molar-refractivity contribution < 1.29 is 17.9 Å². The van der Waals surface area contributed by atoms with Gasteiger partial charge in [-0.2, -0.15) is 0 Å². The van der Waals surface area contributed by atoms with Gasteiger partial charge in [0.25, 0.3) is 0 Å². The van der Waals surface area contributed by atoms with Gasteiger partial charge in [0.05, 0.1) is 18.5 Å². The fraction of sp³-hybridized carbons (Fsp3) is 0.222. The molecule has 0 saturated carbocycles. The lowest BCUT2D eigenvalue weighted by molar-refractivity contribution is 0.104. The smallest absolute Gasteiger partial charge is 0.194 e. The second-order valence-electron chi connectivity index (χ2n) is 5.91. The Balaban J connectivity index is 1.94. The second-order valence-corrected chi connectivity index (χ2v) is 9.11. The molecule has 0 N–H and O–H groups in total. The summed E-state index contributed by atoms with van der Waals surface area (Å²) < 4.78 is 30.6. The molecule has 0 aliphatic heterocycles. The predicted octanol–water partition coefficient (Wildman–Crippen LogP) is 3.32. The minimum absolute atomic E-state index is 0.0580. The number of rotatable bonds is 5. The number of fused-ring (bicyclic) bond motifs is 1. The molecule has 136 valence electrons. The molecule has 2 aromatic heterocycles. The van der Waals surface area contributed by atoms with E-state index in [1.165, 1.54) is 31.4 Å². The molecule has 0 saturated heterocycles. The van der Waals surface area contributed by atoms with Crippen LogP contribution in [0.15, 0.2) is 35.4 Å². The number of ketones is 1. The molecule has 0 amide bonds. The van der Waals surface area contributed by atoms with E-state index in [1.807, 2.05) is 24.4 Å². The highest BCUT2D eigenvalue weighted by atomic mass is 32.2. The summed E-state index contributed by atoms with van der Waals surface area (Å²) in [6, 6.07) is 4.32. The number of aryl methyl sites for hydroxylation is 2. The number of carbonyl (C=O) groups is 1. The predicted molar refractivity (Wildman–Crippen MR) is 102 cm³/mol. The fourth-order valence-electron chi connectivity index (χ4n) is 2.66. The molecule has 0 aliphatic carbocycles. The first-order valence-electron chi connectivity index (χ1n) is 7.76. The third kappa shape index (κ3) is 3.42. The molecule has 26 heavy (non-hydrogen) atoms. The van der Waals surface area contributed by atoms with Gasteiger partial charge in [-0.25, -0.2) is 13.4 Å². The van der Waals surface area contributed by atoms with E-state index >= 15 is 0 Å². The van der Waals surface area contributed by atoms with Crippen LogP contribution in [0.2, 0.25) is 0 Å². The molecule has 0 atom stereocenters. The van der Waals surface area contributed by atoms with E-state index < -0.39 is 9.84 Å². The number of aromatic nitrogens is 2. The third-order valence-corrected chi connectivity index (χ3v) is 5.94. The van der Waals surface area contributed by atoms with Crippen LogP contribution in [0, 0.1) is 13.8 Å². The summed E-state index contributed by atoms with van der Waals surface area (Å²) in [6.07, 6.45) is 6.26. The molecular formula is C18H18N2O4S2. The molecular weight excluding hydrogens is 372 g/mol.